The lowest BCUT2D eigenvalue weighted by Gasteiger charge is -2.24. The van der Waals surface area contributed by atoms with E-state index in [9.17, 15) is 18.3 Å². The van der Waals surface area contributed by atoms with E-state index in [4.69, 9.17) is 15.6 Å². The molecule has 3 aromatic carbocycles. The summed E-state index contributed by atoms with van der Waals surface area (Å²) in [4.78, 5) is 13.0. The number of rotatable bonds is 14. The third-order valence-corrected chi connectivity index (χ3v) is 8.72. The normalized spacial score (nSPS) is 14.8. The van der Waals surface area contributed by atoms with Crippen molar-refractivity contribution in [1.29, 1.82) is 0 Å². The van der Waals surface area contributed by atoms with E-state index >= 15 is 0 Å². The fourth-order valence-electron chi connectivity index (χ4n) is 5.07. The summed E-state index contributed by atoms with van der Waals surface area (Å²) in [7, 11) is -3.88. The first-order valence-corrected chi connectivity index (χ1v) is 16.2. The van der Waals surface area contributed by atoms with Gasteiger partial charge in [0.2, 0.25) is 10.0 Å². The van der Waals surface area contributed by atoms with Crippen molar-refractivity contribution in [2.24, 2.45) is 0 Å². The summed E-state index contributed by atoms with van der Waals surface area (Å²) in [5.74, 6) is -0.716. The van der Waals surface area contributed by atoms with Crippen LogP contribution in [0, 0.1) is 0 Å². The fourth-order valence-corrected chi connectivity index (χ4v) is 6.07. The zero-order chi connectivity index (χ0) is 30.0. The molecule has 1 aliphatic rings. The van der Waals surface area contributed by atoms with Crippen molar-refractivity contribution in [3.05, 3.63) is 83.4 Å². The van der Waals surface area contributed by atoms with Crippen molar-refractivity contribution < 1.29 is 28.2 Å². The van der Waals surface area contributed by atoms with Crippen LogP contribution in [-0.2, 0) is 16.4 Å². The van der Waals surface area contributed by atoms with Crippen molar-refractivity contribution in [2.75, 3.05) is 31.2 Å². The predicted octanol–water partition coefficient (Wildman–Crippen LogP) is 3.96. The molecule has 9 nitrogen and oxygen atoms in total. The van der Waals surface area contributed by atoms with Crippen molar-refractivity contribution in [2.45, 2.75) is 57.2 Å². The van der Waals surface area contributed by atoms with E-state index in [0.717, 1.165) is 60.8 Å². The maximum absolute atomic E-state index is 13.0. The number of carbonyl (C=O) groups is 1. The SMILES string of the molecule is Nc1cccc([C@@H](O)CNCCc2ccc(-c3ccc(C(=O)NS(=O)(=O)CCCO)c(OC4CCCCC4)c3)cc2)c1. The van der Waals surface area contributed by atoms with Gasteiger partial charge in [0.25, 0.3) is 5.91 Å². The highest BCUT2D eigenvalue weighted by Crippen LogP contribution is 2.31. The molecule has 0 saturated heterocycles. The van der Waals surface area contributed by atoms with E-state index in [2.05, 4.69) is 10.0 Å². The number of nitrogens with one attached hydrogen (secondary N) is 2. The molecule has 6 N–H and O–H groups in total. The van der Waals surface area contributed by atoms with E-state index in [1.807, 2.05) is 36.4 Å². The number of aliphatic hydroxyl groups is 2. The molecule has 1 fully saturated rings. The van der Waals surface area contributed by atoms with Gasteiger partial charge >= 0.3 is 0 Å². The van der Waals surface area contributed by atoms with Gasteiger partial charge in [-0.15, -0.1) is 0 Å². The number of anilines is 1. The lowest BCUT2D eigenvalue weighted by molar-refractivity contribution is 0.0969. The topological polar surface area (TPSA) is 151 Å². The molecule has 226 valence electrons. The molecule has 0 heterocycles. The Bertz CT molecular complexity index is 1420. The Morgan fingerprint density at radius 1 is 1.00 bits per heavy atom. The number of hydrogen-bond donors (Lipinski definition) is 5. The molecule has 0 bridgehead atoms. The van der Waals surface area contributed by atoms with E-state index in [1.165, 1.54) is 0 Å². The van der Waals surface area contributed by atoms with Gasteiger partial charge in [0.15, 0.2) is 0 Å². The van der Waals surface area contributed by atoms with Gasteiger partial charge in [-0.25, -0.2) is 13.1 Å². The fraction of sp³-hybridized carbons (Fsp3) is 0.406. The van der Waals surface area contributed by atoms with Gasteiger partial charge in [-0.1, -0.05) is 48.9 Å². The van der Waals surface area contributed by atoms with Crippen molar-refractivity contribution in [3.8, 4) is 16.9 Å². The number of amides is 1. The Balaban J connectivity index is 1.41. The van der Waals surface area contributed by atoms with Crippen LogP contribution in [0.15, 0.2) is 66.7 Å². The molecule has 1 atom stereocenters. The number of ether oxygens (including phenoxy) is 1. The second kappa shape index (κ2) is 15.2. The van der Waals surface area contributed by atoms with Crippen LogP contribution in [0.1, 0.15) is 66.1 Å². The van der Waals surface area contributed by atoms with Gasteiger partial charge in [-0.2, -0.15) is 0 Å². The minimum absolute atomic E-state index is 0.0285. The summed E-state index contributed by atoms with van der Waals surface area (Å²) in [5, 5.41) is 22.6. The highest BCUT2D eigenvalue weighted by molar-refractivity contribution is 7.90. The van der Waals surface area contributed by atoms with Gasteiger partial charge in [-0.3, -0.25) is 4.79 Å². The zero-order valence-corrected chi connectivity index (χ0v) is 24.6. The molecule has 0 aliphatic heterocycles. The van der Waals surface area contributed by atoms with Gasteiger partial charge in [0.05, 0.1) is 23.5 Å². The molecule has 3 aromatic rings. The molecule has 0 spiro atoms. The lowest BCUT2D eigenvalue weighted by Crippen LogP contribution is -2.33. The maximum Gasteiger partial charge on any atom is 0.268 e. The average Bonchev–Trinajstić information content (AvgIpc) is 2.99. The molecule has 0 aromatic heterocycles. The molecule has 1 aliphatic carbocycles. The van der Waals surface area contributed by atoms with Gasteiger partial charge in [0.1, 0.15) is 5.75 Å². The minimum atomic E-state index is -3.88. The number of sulfonamides is 1. The summed E-state index contributed by atoms with van der Waals surface area (Å²) in [6.07, 6.45) is 5.20. The van der Waals surface area contributed by atoms with Crippen LogP contribution in [0.25, 0.3) is 11.1 Å². The standard InChI is InChI=1S/C32H41N3O6S/c33-27-7-4-6-26(20-27)30(37)22-34-17-16-23-10-12-24(13-11-23)25-14-15-29(32(38)35-42(39,40)19-5-18-36)31(21-25)41-28-8-2-1-3-9-28/h4,6-7,10-15,20-21,28,30,34,36-37H,1-3,5,8-9,16-19,22,33H2,(H,35,38)/t30-/m0/s1. The third-order valence-electron chi connectivity index (χ3n) is 7.40. The number of benzene rings is 3. The molecule has 10 heteroatoms. The van der Waals surface area contributed by atoms with Crippen LogP contribution in [0.2, 0.25) is 0 Å². The zero-order valence-electron chi connectivity index (χ0n) is 23.8. The van der Waals surface area contributed by atoms with Crippen LogP contribution in [0.4, 0.5) is 5.69 Å². The first-order valence-electron chi connectivity index (χ1n) is 14.5. The van der Waals surface area contributed by atoms with Crippen LogP contribution >= 0.6 is 0 Å². The quantitative estimate of drug-likeness (QED) is 0.139. The minimum Gasteiger partial charge on any atom is -0.490 e. The molecular weight excluding hydrogens is 554 g/mol. The highest BCUT2D eigenvalue weighted by Gasteiger charge is 2.23. The first-order chi connectivity index (χ1) is 20.2. The third kappa shape index (κ3) is 9.29. The van der Waals surface area contributed by atoms with Crippen LogP contribution in [0.3, 0.4) is 0 Å². The van der Waals surface area contributed by atoms with E-state index in [0.29, 0.717) is 24.5 Å². The molecule has 42 heavy (non-hydrogen) atoms. The van der Waals surface area contributed by atoms with E-state index in [1.54, 1.807) is 30.3 Å². The monoisotopic (exact) mass is 595 g/mol. The number of nitrogens with two attached hydrogens (primary N) is 1. The number of hydrogen-bond acceptors (Lipinski definition) is 8. The highest BCUT2D eigenvalue weighted by atomic mass is 32.2. The Labute approximate surface area is 248 Å². The summed E-state index contributed by atoms with van der Waals surface area (Å²) < 4.78 is 33.0. The Morgan fingerprint density at radius 2 is 1.74 bits per heavy atom. The molecule has 1 saturated carbocycles. The van der Waals surface area contributed by atoms with Crippen molar-refractivity contribution in [3.63, 3.8) is 0 Å². The molecule has 4 rings (SSSR count). The maximum atomic E-state index is 13.0. The van der Waals surface area contributed by atoms with Crippen LogP contribution < -0.4 is 20.5 Å². The average molecular weight is 596 g/mol. The molecule has 1 amide bonds. The second-order valence-corrected chi connectivity index (χ2v) is 12.6. The Morgan fingerprint density at radius 3 is 2.45 bits per heavy atom. The smallest absolute Gasteiger partial charge is 0.268 e. The molecule has 0 unspecified atom stereocenters. The lowest BCUT2D eigenvalue weighted by atomic mass is 9.97. The van der Waals surface area contributed by atoms with Crippen LogP contribution in [0.5, 0.6) is 5.75 Å². The molecule has 0 radical (unpaired) electrons. The summed E-state index contributed by atoms with van der Waals surface area (Å²) in [5.41, 5.74) is 10.3. The Kier molecular flexibility index (Phi) is 11.4. The largest absolute Gasteiger partial charge is 0.490 e. The number of nitrogen functional groups attached to an aromatic ring is 1. The number of aliphatic hydroxyl groups excluding tert-OH is 2. The molecular formula is C32H41N3O6S. The first kappa shape index (κ1) is 31.5. The van der Waals surface area contributed by atoms with Crippen LogP contribution in [-0.4, -0.2) is 56.1 Å². The summed E-state index contributed by atoms with van der Waals surface area (Å²) in [6, 6.07) is 20.5. The van der Waals surface area contributed by atoms with Gasteiger partial charge in [0, 0.05) is 18.8 Å². The predicted molar refractivity (Wildman–Crippen MR) is 165 cm³/mol. The van der Waals surface area contributed by atoms with E-state index < -0.39 is 22.0 Å². The Hall–Kier alpha value is -3.44. The van der Waals surface area contributed by atoms with Crippen molar-refractivity contribution in [1.82, 2.24) is 10.0 Å². The van der Waals surface area contributed by atoms with E-state index in [-0.39, 0.29) is 30.4 Å². The summed E-state index contributed by atoms with van der Waals surface area (Å²) >= 11 is 0. The van der Waals surface area contributed by atoms with Gasteiger partial charge < -0.3 is 26.0 Å². The number of carbonyl (C=O) groups excluding carboxylic acids is 1. The summed E-state index contributed by atoms with van der Waals surface area (Å²) in [6.45, 7) is 0.847. The second-order valence-electron chi connectivity index (χ2n) is 10.8. The van der Waals surface area contributed by atoms with Crippen molar-refractivity contribution >= 4 is 21.6 Å². The van der Waals surface area contributed by atoms with Gasteiger partial charge in [-0.05, 0) is 91.6 Å².